The summed E-state index contributed by atoms with van der Waals surface area (Å²) in [4.78, 5) is 29.2. The number of carboxylic acid groups (broad SMARTS) is 1. The normalized spacial score (nSPS) is 18.8. The molecule has 2 aromatic carbocycles. The fourth-order valence-corrected chi connectivity index (χ4v) is 2.76. The van der Waals surface area contributed by atoms with Crippen molar-refractivity contribution in [2.24, 2.45) is 5.16 Å². The van der Waals surface area contributed by atoms with E-state index in [0.29, 0.717) is 22.0 Å². The smallest absolute Gasteiger partial charge is 0.351 e. The SMILES string of the molecule is O=C(CC1(C(=O)O)CC(c2ccc(F)cc2)=NO1)Nc1ccccc1Cl. The number of oxime groups is 1. The number of hydrogen-bond acceptors (Lipinski definition) is 4. The first-order valence-electron chi connectivity index (χ1n) is 7.68. The van der Waals surface area contributed by atoms with Crippen molar-refractivity contribution in [2.45, 2.75) is 18.4 Å². The summed E-state index contributed by atoms with van der Waals surface area (Å²) < 4.78 is 13.0. The number of benzene rings is 2. The largest absolute Gasteiger partial charge is 0.478 e. The van der Waals surface area contributed by atoms with Crippen molar-refractivity contribution in [3.05, 3.63) is 64.9 Å². The van der Waals surface area contributed by atoms with Gasteiger partial charge in [0, 0.05) is 6.42 Å². The van der Waals surface area contributed by atoms with E-state index in [9.17, 15) is 19.1 Å². The van der Waals surface area contributed by atoms with Gasteiger partial charge in [-0.25, -0.2) is 9.18 Å². The quantitative estimate of drug-likeness (QED) is 0.836. The molecule has 1 atom stereocenters. The van der Waals surface area contributed by atoms with E-state index in [0.717, 1.165) is 0 Å². The Morgan fingerprint density at radius 1 is 1.23 bits per heavy atom. The maximum Gasteiger partial charge on any atom is 0.351 e. The second kappa shape index (κ2) is 7.13. The van der Waals surface area contributed by atoms with Crippen molar-refractivity contribution in [3.63, 3.8) is 0 Å². The van der Waals surface area contributed by atoms with E-state index in [4.69, 9.17) is 16.4 Å². The number of carbonyl (C=O) groups is 2. The number of rotatable bonds is 5. The van der Waals surface area contributed by atoms with E-state index in [-0.39, 0.29) is 6.42 Å². The van der Waals surface area contributed by atoms with Gasteiger partial charge in [0.05, 0.1) is 22.8 Å². The zero-order valence-electron chi connectivity index (χ0n) is 13.4. The van der Waals surface area contributed by atoms with Gasteiger partial charge < -0.3 is 15.3 Å². The molecule has 2 N–H and O–H groups in total. The minimum absolute atomic E-state index is 0.121. The monoisotopic (exact) mass is 376 g/mol. The number of anilines is 1. The highest BCUT2D eigenvalue weighted by Gasteiger charge is 2.49. The minimum atomic E-state index is -1.82. The summed E-state index contributed by atoms with van der Waals surface area (Å²) in [6.07, 6.45) is -0.578. The third-order valence-corrected chi connectivity index (χ3v) is 4.27. The first kappa shape index (κ1) is 17.9. The molecule has 134 valence electrons. The summed E-state index contributed by atoms with van der Waals surface area (Å²) in [5, 5.41) is 16.3. The Bertz CT molecular complexity index is 885. The molecule has 1 heterocycles. The van der Waals surface area contributed by atoms with Gasteiger partial charge in [0.25, 0.3) is 0 Å². The number of amides is 1. The average molecular weight is 377 g/mol. The number of para-hydroxylation sites is 1. The molecule has 0 spiro atoms. The Hall–Kier alpha value is -2.93. The number of hydrogen-bond donors (Lipinski definition) is 2. The van der Waals surface area contributed by atoms with Crippen LogP contribution < -0.4 is 5.32 Å². The Morgan fingerprint density at radius 2 is 1.92 bits per heavy atom. The third kappa shape index (κ3) is 3.67. The van der Waals surface area contributed by atoms with Crippen LogP contribution in [0.25, 0.3) is 0 Å². The minimum Gasteiger partial charge on any atom is -0.478 e. The van der Waals surface area contributed by atoms with Crippen LogP contribution >= 0.6 is 11.6 Å². The topological polar surface area (TPSA) is 88.0 Å². The molecule has 1 unspecified atom stereocenters. The highest BCUT2D eigenvalue weighted by atomic mass is 35.5. The molecular formula is C18H14ClFN2O4. The van der Waals surface area contributed by atoms with Crippen LogP contribution in [0.1, 0.15) is 18.4 Å². The molecule has 0 radical (unpaired) electrons. The second-order valence-electron chi connectivity index (χ2n) is 5.82. The van der Waals surface area contributed by atoms with Crippen molar-refractivity contribution in [3.8, 4) is 0 Å². The summed E-state index contributed by atoms with van der Waals surface area (Å²) in [7, 11) is 0. The van der Waals surface area contributed by atoms with Gasteiger partial charge in [-0.05, 0) is 29.8 Å². The highest BCUT2D eigenvalue weighted by molar-refractivity contribution is 6.33. The van der Waals surface area contributed by atoms with E-state index < -0.39 is 29.7 Å². The number of carbonyl (C=O) groups excluding carboxylic acids is 1. The third-order valence-electron chi connectivity index (χ3n) is 3.94. The number of nitrogens with one attached hydrogen (secondary N) is 1. The summed E-state index contributed by atoms with van der Waals surface area (Å²) >= 11 is 5.98. The molecule has 0 aliphatic carbocycles. The lowest BCUT2D eigenvalue weighted by Crippen LogP contribution is -2.42. The van der Waals surface area contributed by atoms with Gasteiger partial charge in [0.15, 0.2) is 0 Å². The summed E-state index contributed by atoms with van der Waals surface area (Å²) in [5.74, 6) is -2.30. The van der Waals surface area contributed by atoms with E-state index in [1.54, 1.807) is 24.3 Å². The van der Waals surface area contributed by atoms with Crippen molar-refractivity contribution in [1.29, 1.82) is 0 Å². The van der Waals surface area contributed by atoms with Gasteiger partial charge in [0.2, 0.25) is 11.5 Å². The Morgan fingerprint density at radius 3 is 2.58 bits per heavy atom. The lowest BCUT2D eigenvalue weighted by molar-refractivity contribution is -0.165. The Labute approximate surface area is 153 Å². The zero-order valence-corrected chi connectivity index (χ0v) is 14.2. The van der Waals surface area contributed by atoms with Crippen molar-refractivity contribution < 1.29 is 23.9 Å². The molecule has 8 heteroatoms. The van der Waals surface area contributed by atoms with E-state index in [1.807, 2.05) is 0 Å². The molecular weight excluding hydrogens is 363 g/mol. The fraction of sp³-hybridized carbons (Fsp3) is 0.167. The summed E-state index contributed by atoms with van der Waals surface area (Å²) in [6, 6.07) is 12.0. The molecule has 0 bridgehead atoms. The second-order valence-corrected chi connectivity index (χ2v) is 6.22. The number of halogens is 2. The predicted molar refractivity (Wildman–Crippen MR) is 93.7 cm³/mol. The number of aliphatic carboxylic acids is 1. The standard InChI is InChI=1S/C18H14ClFN2O4/c19-13-3-1-2-4-14(13)21-16(23)10-18(17(24)25)9-15(22-26-18)11-5-7-12(20)8-6-11/h1-8H,9-10H2,(H,21,23)(H,24,25). The van der Waals surface area contributed by atoms with Crippen molar-refractivity contribution in [2.75, 3.05) is 5.32 Å². The zero-order chi connectivity index (χ0) is 18.7. The molecule has 1 aliphatic heterocycles. The van der Waals surface area contributed by atoms with E-state index >= 15 is 0 Å². The summed E-state index contributed by atoms with van der Waals surface area (Å²) in [6.45, 7) is 0. The van der Waals surface area contributed by atoms with Crippen LogP contribution in [0.5, 0.6) is 0 Å². The lowest BCUT2D eigenvalue weighted by Gasteiger charge is -2.21. The van der Waals surface area contributed by atoms with Crippen LogP contribution in [0.15, 0.2) is 53.7 Å². The average Bonchev–Trinajstić information content (AvgIpc) is 3.03. The fourth-order valence-electron chi connectivity index (χ4n) is 2.58. The molecule has 3 rings (SSSR count). The first-order chi connectivity index (χ1) is 12.4. The van der Waals surface area contributed by atoms with Gasteiger partial charge in [-0.2, -0.15) is 0 Å². The van der Waals surface area contributed by atoms with Crippen LogP contribution in [0.2, 0.25) is 5.02 Å². The molecule has 0 aromatic heterocycles. The molecule has 2 aromatic rings. The Balaban J connectivity index is 1.74. The Kier molecular flexibility index (Phi) is 4.90. The number of carboxylic acids is 1. The molecule has 26 heavy (non-hydrogen) atoms. The van der Waals surface area contributed by atoms with Crippen LogP contribution in [0.3, 0.4) is 0 Å². The van der Waals surface area contributed by atoms with Gasteiger partial charge in [-0.3, -0.25) is 4.79 Å². The molecule has 0 saturated heterocycles. The van der Waals surface area contributed by atoms with Crippen LogP contribution in [0, 0.1) is 5.82 Å². The number of nitrogens with zero attached hydrogens (tertiary/aromatic N) is 1. The van der Waals surface area contributed by atoms with Crippen molar-refractivity contribution >= 4 is 34.9 Å². The van der Waals surface area contributed by atoms with Crippen LogP contribution in [-0.4, -0.2) is 28.3 Å². The van der Waals surface area contributed by atoms with Gasteiger partial charge >= 0.3 is 5.97 Å². The predicted octanol–water partition coefficient (Wildman–Crippen LogP) is 3.46. The van der Waals surface area contributed by atoms with E-state index in [1.165, 1.54) is 24.3 Å². The maximum atomic E-state index is 13.0. The van der Waals surface area contributed by atoms with Crippen molar-refractivity contribution in [1.82, 2.24) is 0 Å². The summed E-state index contributed by atoms with van der Waals surface area (Å²) in [5.41, 5.74) is -0.592. The van der Waals surface area contributed by atoms with Gasteiger partial charge in [0.1, 0.15) is 5.82 Å². The maximum absolute atomic E-state index is 13.0. The van der Waals surface area contributed by atoms with Crippen LogP contribution in [-0.2, 0) is 14.4 Å². The van der Waals surface area contributed by atoms with Gasteiger partial charge in [-0.1, -0.05) is 41.0 Å². The van der Waals surface area contributed by atoms with Gasteiger partial charge in [-0.15, -0.1) is 0 Å². The first-order valence-corrected chi connectivity index (χ1v) is 8.06. The van der Waals surface area contributed by atoms with E-state index in [2.05, 4.69) is 10.5 Å². The molecule has 1 aliphatic rings. The molecule has 0 saturated carbocycles. The molecule has 0 fully saturated rings. The molecule has 6 nitrogen and oxygen atoms in total. The highest BCUT2D eigenvalue weighted by Crippen LogP contribution is 2.31. The molecule has 1 amide bonds. The van der Waals surface area contributed by atoms with Crippen LogP contribution in [0.4, 0.5) is 10.1 Å². The lowest BCUT2D eigenvalue weighted by atomic mass is 9.91.